The van der Waals surface area contributed by atoms with Crippen molar-refractivity contribution < 1.29 is 26.8 Å². The normalized spacial score (nSPS) is 11.5. The van der Waals surface area contributed by atoms with Crippen LogP contribution < -0.4 is 5.32 Å². The Bertz CT molecular complexity index is 1590. The first-order valence-electron chi connectivity index (χ1n) is 11.8. The van der Waals surface area contributed by atoms with E-state index in [1.807, 2.05) is 13.8 Å². The number of carbonyl (C=O) groups excluding carboxylic acids is 2. The van der Waals surface area contributed by atoms with E-state index < -0.39 is 27.4 Å². The second kappa shape index (κ2) is 10.7. The van der Waals surface area contributed by atoms with Gasteiger partial charge in [-0.2, -0.15) is 0 Å². The van der Waals surface area contributed by atoms with Crippen LogP contribution in [0.25, 0.3) is 22.3 Å². The number of aromatic nitrogens is 1. The summed E-state index contributed by atoms with van der Waals surface area (Å²) in [6, 6.07) is 17.3. The van der Waals surface area contributed by atoms with Crippen LogP contribution in [0.4, 0.5) is 14.5 Å². The summed E-state index contributed by atoms with van der Waals surface area (Å²) in [7, 11) is -3.22. The van der Waals surface area contributed by atoms with Crippen molar-refractivity contribution in [1.29, 1.82) is 0 Å². The number of aldehydes is 1. The number of benzene rings is 3. The molecule has 0 spiro atoms. The standard InChI is InChI=1S/C29H26F2N2O4S/c1-18(2)33-25(16-34)26(20-6-10-22(30)11-7-20)27(21-8-12-23(31)13-9-21)28(33)29(35)32-24-14-4-19(5-15-24)17-38(3,36)37/h4-16,18H,17H2,1-3H3,(H,32,35). The van der Waals surface area contributed by atoms with Gasteiger partial charge in [-0.25, -0.2) is 17.2 Å². The van der Waals surface area contributed by atoms with Gasteiger partial charge in [0.1, 0.15) is 17.3 Å². The molecular formula is C29H26F2N2O4S. The molecule has 0 aliphatic rings. The number of sulfone groups is 1. The van der Waals surface area contributed by atoms with E-state index in [1.165, 1.54) is 48.5 Å². The van der Waals surface area contributed by atoms with Crippen LogP contribution in [0.5, 0.6) is 0 Å². The highest BCUT2D eigenvalue weighted by molar-refractivity contribution is 7.89. The molecular weight excluding hydrogens is 510 g/mol. The Morgan fingerprint density at radius 3 is 1.82 bits per heavy atom. The summed E-state index contributed by atoms with van der Waals surface area (Å²) in [4.78, 5) is 26.2. The zero-order chi connectivity index (χ0) is 27.6. The lowest BCUT2D eigenvalue weighted by atomic mass is 9.94. The molecule has 4 aromatic rings. The highest BCUT2D eigenvalue weighted by Crippen LogP contribution is 2.41. The Hall–Kier alpha value is -4.11. The summed E-state index contributed by atoms with van der Waals surface area (Å²) < 4.78 is 52.4. The van der Waals surface area contributed by atoms with Gasteiger partial charge in [-0.3, -0.25) is 9.59 Å². The van der Waals surface area contributed by atoms with Gasteiger partial charge in [-0.1, -0.05) is 36.4 Å². The van der Waals surface area contributed by atoms with Gasteiger partial charge in [0.15, 0.2) is 16.1 Å². The van der Waals surface area contributed by atoms with Crippen LogP contribution in [0.1, 0.15) is 46.4 Å². The van der Waals surface area contributed by atoms with Crippen molar-refractivity contribution >= 4 is 27.7 Å². The van der Waals surface area contributed by atoms with Crippen molar-refractivity contribution in [3.05, 3.63) is 101 Å². The molecule has 3 aromatic carbocycles. The zero-order valence-electron chi connectivity index (χ0n) is 21.0. The summed E-state index contributed by atoms with van der Waals surface area (Å²) in [5.41, 5.74) is 3.24. The van der Waals surface area contributed by atoms with Gasteiger partial charge < -0.3 is 9.88 Å². The molecule has 196 valence electrons. The summed E-state index contributed by atoms with van der Waals surface area (Å²) in [6.07, 6.45) is 1.80. The third kappa shape index (κ3) is 5.73. The minimum Gasteiger partial charge on any atom is -0.331 e. The molecule has 0 atom stereocenters. The van der Waals surface area contributed by atoms with Gasteiger partial charge >= 0.3 is 0 Å². The van der Waals surface area contributed by atoms with Crippen LogP contribution in [0.2, 0.25) is 0 Å². The fourth-order valence-corrected chi connectivity index (χ4v) is 5.26. The molecule has 9 heteroatoms. The maximum absolute atomic E-state index is 13.8. The van der Waals surface area contributed by atoms with Crippen molar-refractivity contribution in [2.24, 2.45) is 0 Å². The number of halogens is 2. The average molecular weight is 537 g/mol. The van der Waals surface area contributed by atoms with E-state index in [4.69, 9.17) is 0 Å². The van der Waals surface area contributed by atoms with Crippen LogP contribution in [0.15, 0.2) is 72.8 Å². The largest absolute Gasteiger partial charge is 0.331 e. The van der Waals surface area contributed by atoms with E-state index in [0.29, 0.717) is 39.8 Å². The molecule has 1 N–H and O–H groups in total. The first-order chi connectivity index (χ1) is 18.0. The van der Waals surface area contributed by atoms with Gasteiger partial charge in [0.25, 0.3) is 5.91 Å². The molecule has 0 aliphatic heterocycles. The SMILES string of the molecule is CC(C)n1c(C=O)c(-c2ccc(F)cc2)c(-c2ccc(F)cc2)c1C(=O)Nc1ccc(CS(C)(=O)=O)cc1. The van der Waals surface area contributed by atoms with Crippen molar-refractivity contribution in [1.82, 2.24) is 4.57 Å². The molecule has 0 aliphatic carbocycles. The highest BCUT2D eigenvalue weighted by Gasteiger charge is 2.30. The quantitative estimate of drug-likeness (QED) is 0.268. The number of anilines is 1. The maximum Gasteiger partial charge on any atom is 0.272 e. The number of carbonyl (C=O) groups is 2. The number of nitrogens with one attached hydrogen (secondary N) is 1. The predicted octanol–water partition coefficient (Wildman–Crippen LogP) is 6.29. The third-order valence-corrected chi connectivity index (χ3v) is 6.85. The van der Waals surface area contributed by atoms with E-state index in [2.05, 4.69) is 5.32 Å². The maximum atomic E-state index is 13.8. The number of hydrogen-bond acceptors (Lipinski definition) is 4. The van der Waals surface area contributed by atoms with Crippen LogP contribution in [0.3, 0.4) is 0 Å². The molecule has 0 radical (unpaired) electrons. The lowest BCUT2D eigenvalue weighted by Crippen LogP contribution is -2.20. The topological polar surface area (TPSA) is 85.2 Å². The second-order valence-corrected chi connectivity index (χ2v) is 11.4. The van der Waals surface area contributed by atoms with Crippen LogP contribution in [0, 0.1) is 11.6 Å². The molecule has 6 nitrogen and oxygen atoms in total. The van der Waals surface area contributed by atoms with E-state index in [9.17, 15) is 26.8 Å². The Kier molecular flexibility index (Phi) is 7.59. The Balaban J connectivity index is 1.91. The van der Waals surface area contributed by atoms with E-state index >= 15 is 0 Å². The van der Waals surface area contributed by atoms with E-state index in [1.54, 1.807) is 28.8 Å². The monoisotopic (exact) mass is 536 g/mol. The fraction of sp³-hybridized carbons (Fsp3) is 0.172. The lowest BCUT2D eigenvalue weighted by Gasteiger charge is -2.16. The van der Waals surface area contributed by atoms with E-state index in [0.717, 1.165) is 6.26 Å². The second-order valence-electron chi connectivity index (χ2n) is 9.30. The number of hydrogen-bond donors (Lipinski definition) is 1. The Morgan fingerprint density at radius 2 is 1.37 bits per heavy atom. The lowest BCUT2D eigenvalue weighted by molar-refractivity contribution is 0.101. The van der Waals surface area contributed by atoms with Crippen LogP contribution in [-0.2, 0) is 15.6 Å². The minimum atomic E-state index is -3.22. The molecule has 4 rings (SSSR count). The first-order valence-corrected chi connectivity index (χ1v) is 13.9. The zero-order valence-corrected chi connectivity index (χ0v) is 21.9. The molecule has 0 saturated carbocycles. The third-order valence-electron chi connectivity index (χ3n) is 5.99. The number of nitrogens with zero attached hydrogens (tertiary/aromatic N) is 1. The summed E-state index contributed by atoms with van der Waals surface area (Å²) >= 11 is 0. The molecule has 38 heavy (non-hydrogen) atoms. The molecule has 0 fully saturated rings. The minimum absolute atomic E-state index is 0.129. The first kappa shape index (κ1) is 26.9. The van der Waals surface area contributed by atoms with Gasteiger partial charge in [0, 0.05) is 29.1 Å². The Labute approximate surface area is 219 Å². The summed E-state index contributed by atoms with van der Waals surface area (Å²) in [5.74, 6) is -1.57. The van der Waals surface area contributed by atoms with E-state index in [-0.39, 0.29) is 23.2 Å². The molecule has 0 saturated heterocycles. The van der Waals surface area contributed by atoms with Crippen LogP contribution in [-0.4, -0.2) is 31.4 Å². The van der Waals surface area contributed by atoms with Crippen molar-refractivity contribution in [3.63, 3.8) is 0 Å². The Morgan fingerprint density at radius 1 is 0.868 bits per heavy atom. The van der Waals surface area contributed by atoms with Crippen molar-refractivity contribution in [2.75, 3.05) is 11.6 Å². The predicted molar refractivity (Wildman–Crippen MR) is 144 cm³/mol. The molecule has 1 heterocycles. The number of rotatable bonds is 8. The molecule has 0 bridgehead atoms. The molecule has 0 unspecified atom stereocenters. The number of amides is 1. The van der Waals surface area contributed by atoms with Gasteiger partial charge in [0.05, 0.1) is 11.4 Å². The fourth-order valence-electron chi connectivity index (χ4n) is 4.47. The van der Waals surface area contributed by atoms with Crippen LogP contribution >= 0.6 is 0 Å². The molecule has 1 aromatic heterocycles. The van der Waals surface area contributed by atoms with Crippen molar-refractivity contribution in [3.8, 4) is 22.3 Å². The highest BCUT2D eigenvalue weighted by atomic mass is 32.2. The smallest absolute Gasteiger partial charge is 0.272 e. The summed E-state index contributed by atoms with van der Waals surface area (Å²) in [6.45, 7) is 3.65. The van der Waals surface area contributed by atoms with Gasteiger partial charge in [0.2, 0.25) is 0 Å². The van der Waals surface area contributed by atoms with Gasteiger partial charge in [-0.15, -0.1) is 0 Å². The average Bonchev–Trinajstić information content (AvgIpc) is 3.21. The summed E-state index contributed by atoms with van der Waals surface area (Å²) in [5, 5.41) is 2.83. The van der Waals surface area contributed by atoms with Crippen molar-refractivity contribution in [2.45, 2.75) is 25.6 Å². The van der Waals surface area contributed by atoms with Gasteiger partial charge in [-0.05, 0) is 66.9 Å². The molecule has 1 amide bonds.